The highest BCUT2D eigenvalue weighted by Crippen LogP contribution is 2.38. The average molecular weight is 296 g/mol. The fraction of sp³-hybridized carbons (Fsp3) is 0.462. The van der Waals surface area contributed by atoms with E-state index < -0.39 is 23.4 Å². The van der Waals surface area contributed by atoms with Crippen LogP contribution in [0, 0.1) is 6.92 Å². The topological polar surface area (TPSA) is 26.3 Å². The SMILES string of the molecule is CCCOc1cc(C)cc(C(=O)C(F)(F)C(F)(F)F)c1. The molecule has 1 aromatic carbocycles. The molecule has 0 aliphatic carbocycles. The molecule has 0 radical (unpaired) electrons. The number of aryl methyl sites for hydroxylation is 1. The largest absolute Gasteiger partial charge is 0.494 e. The van der Waals surface area contributed by atoms with E-state index in [1.165, 1.54) is 13.0 Å². The monoisotopic (exact) mass is 296 g/mol. The molecule has 0 atom stereocenters. The van der Waals surface area contributed by atoms with Gasteiger partial charge in [0.1, 0.15) is 5.75 Å². The number of ketones is 1. The zero-order valence-corrected chi connectivity index (χ0v) is 10.9. The third-order valence-electron chi connectivity index (χ3n) is 2.43. The van der Waals surface area contributed by atoms with Crippen molar-refractivity contribution in [2.45, 2.75) is 32.4 Å². The van der Waals surface area contributed by atoms with E-state index in [-0.39, 0.29) is 12.4 Å². The first kappa shape index (κ1) is 16.4. The first-order valence-corrected chi connectivity index (χ1v) is 5.83. The van der Waals surface area contributed by atoms with Gasteiger partial charge >= 0.3 is 12.1 Å². The minimum Gasteiger partial charge on any atom is -0.494 e. The predicted molar refractivity (Wildman–Crippen MR) is 62.3 cm³/mol. The first-order chi connectivity index (χ1) is 9.09. The Kier molecular flexibility index (Phi) is 4.73. The summed E-state index contributed by atoms with van der Waals surface area (Å²) in [7, 11) is 0. The molecule has 0 amide bonds. The van der Waals surface area contributed by atoms with Crippen molar-refractivity contribution in [1.29, 1.82) is 0 Å². The first-order valence-electron chi connectivity index (χ1n) is 5.83. The van der Waals surface area contributed by atoms with Crippen molar-refractivity contribution in [3.8, 4) is 5.75 Å². The fourth-order valence-corrected chi connectivity index (χ4v) is 1.49. The lowest BCUT2D eigenvalue weighted by molar-refractivity contribution is -0.255. The lowest BCUT2D eigenvalue weighted by atomic mass is 10.0. The summed E-state index contributed by atoms with van der Waals surface area (Å²) in [6.07, 6.45) is -5.28. The number of hydrogen-bond donors (Lipinski definition) is 0. The highest BCUT2D eigenvalue weighted by atomic mass is 19.4. The Balaban J connectivity index is 3.13. The Morgan fingerprint density at radius 1 is 1.15 bits per heavy atom. The van der Waals surface area contributed by atoms with Crippen LogP contribution in [0.4, 0.5) is 22.0 Å². The van der Waals surface area contributed by atoms with Crippen molar-refractivity contribution in [3.05, 3.63) is 29.3 Å². The van der Waals surface area contributed by atoms with Gasteiger partial charge in [0.15, 0.2) is 0 Å². The normalized spacial score (nSPS) is 12.3. The molecule has 112 valence electrons. The van der Waals surface area contributed by atoms with Crippen LogP contribution in [0.3, 0.4) is 0 Å². The fourth-order valence-electron chi connectivity index (χ4n) is 1.49. The van der Waals surface area contributed by atoms with Crippen LogP contribution in [0.25, 0.3) is 0 Å². The minimum atomic E-state index is -5.92. The van der Waals surface area contributed by atoms with Crippen molar-refractivity contribution in [2.24, 2.45) is 0 Å². The molecule has 0 unspecified atom stereocenters. The molecule has 0 heterocycles. The minimum absolute atomic E-state index is 0.0909. The zero-order chi connectivity index (χ0) is 15.6. The highest BCUT2D eigenvalue weighted by Gasteiger charge is 2.63. The van der Waals surface area contributed by atoms with E-state index >= 15 is 0 Å². The summed E-state index contributed by atoms with van der Waals surface area (Å²) in [6.45, 7) is 3.55. The van der Waals surface area contributed by atoms with Crippen LogP contribution >= 0.6 is 0 Å². The van der Waals surface area contributed by atoms with Crippen LogP contribution < -0.4 is 4.74 Å². The smallest absolute Gasteiger partial charge is 0.461 e. The Labute approximate surface area is 112 Å². The molecule has 1 rings (SSSR count). The predicted octanol–water partition coefficient (Wildman–Crippen LogP) is 4.16. The third-order valence-corrected chi connectivity index (χ3v) is 2.43. The van der Waals surface area contributed by atoms with Crippen molar-refractivity contribution < 1.29 is 31.5 Å². The molecule has 7 heteroatoms. The number of rotatable bonds is 5. The number of carbonyl (C=O) groups is 1. The van der Waals surface area contributed by atoms with Gasteiger partial charge in [-0.15, -0.1) is 0 Å². The quantitative estimate of drug-likeness (QED) is 0.602. The van der Waals surface area contributed by atoms with Crippen LogP contribution in [0.15, 0.2) is 18.2 Å². The number of benzene rings is 1. The number of ether oxygens (including phenoxy) is 1. The summed E-state index contributed by atoms with van der Waals surface area (Å²) < 4.78 is 67.7. The van der Waals surface area contributed by atoms with E-state index in [2.05, 4.69) is 0 Å². The van der Waals surface area contributed by atoms with Crippen molar-refractivity contribution in [2.75, 3.05) is 6.61 Å². The highest BCUT2D eigenvalue weighted by molar-refractivity contribution is 6.02. The maximum absolute atomic E-state index is 13.0. The average Bonchev–Trinajstić information content (AvgIpc) is 2.33. The van der Waals surface area contributed by atoms with Crippen LogP contribution in [0.5, 0.6) is 5.75 Å². The van der Waals surface area contributed by atoms with Gasteiger partial charge in [-0.1, -0.05) is 6.92 Å². The summed E-state index contributed by atoms with van der Waals surface area (Å²) in [5.74, 6) is -7.61. The lowest BCUT2D eigenvalue weighted by Crippen LogP contribution is -2.44. The standard InChI is InChI=1S/C13H13F5O2/c1-3-4-20-10-6-8(2)5-9(7-10)11(19)12(14,15)13(16,17)18/h5-7H,3-4H2,1-2H3. The summed E-state index contributed by atoms with van der Waals surface area (Å²) >= 11 is 0. The van der Waals surface area contributed by atoms with Gasteiger partial charge in [-0.3, -0.25) is 4.79 Å². The second-order valence-corrected chi connectivity index (χ2v) is 4.28. The van der Waals surface area contributed by atoms with Gasteiger partial charge in [-0.2, -0.15) is 22.0 Å². The second-order valence-electron chi connectivity index (χ2n) is 4.28. The van der Waals surface area contributed by atoms with Crippen molar-refractivity contribution in [1.82, 2.24) is 0 Å². The van der Waals surface area contributed by atoms with Gasteiger partial charge < -0.3 is 4.74 Å². The maximum atomic E-state index is 13.0. The Morgan fingerprint density at radius 3 is 2.25 bits per heavy atom. The van der Waals surface area contributed by atoms with Gasteiger partial charge in [0.2, 0.25) is 5.78 Å². The Morgan fingerprint density at radius 2 is 1.75 bits per heavy atom. The number of halogens is 5. The van der Waals surface area contributed by atoms with Crippen LogP contribution in [-0.4, -0.2) is 24.5 Å². The number of Topliss-reactive ketones (excluding diaryl/α,β-unsaturated/α-hetero) is 1. The Hall–Kier alpha value is -1.66. The molecule has 0 N–H and O–H groups in total. The van der Waals surface area contributed by atoms with Crippen molar-refractivity contribution in [3.63, 3.8) is 0 Å². The molecule has 0 aromatic heterocycles. The zero-order valence-electron chi connectivity index (χ0n) is 10.9. The van der Waals surface area contributed by atoms with Gasteiger partial charge in [0.25, 0.3) is 0 Å². The number of hydrogen-bond acceptors (Lipinski definition) is 2. The van der Waals surface area contributed by atoms with Crippen LogP contribution in [0.2, 0.25) is 0 Å². The molecule has 2 nitrogen and oxygen atoms in total. The van der Waals surface area contributed by atoms with Crippen LogP contribution in [-0.2, 0) is 0 Å². The molecule has 0 spiro atoms. The molecular weight excluding hydrogens is 283 g/mol. The summed E-state index contributed by atoms with van der Waals surface area (Å²) in [4.78, 5) is 11.4. The molecule has 0 saturated heterocycles. The lowest BCUT2D eigenvalue weighted by Gasteiger charge is -2.18. The summed E-state index contributed by atoms with van der Waals surface area (Å²) in [5, 5.41) is 0. The second kappa shape index (κ2) is 5.76. The number of alkyl halides is 5. The number of carbonyl (C=O) groups excluding carboxylic acids is 1. The van der Waals surface area contributed by atoms with Gasteiger partial charge in [0.05, 0.1) is 6.61 Å². The molecule has 0 aliphatic heterocycles. The molecule has 0 aliphatic rings. The summed E-state index contributed by atoms with van der Waals surface area (Å²) in [5.41, 5.74) is -0.363. The van der Waals surface area contributed by atoms with E-state index in [1.54, 1.807) is 6.92 Å². The van der Waals surface area contributed by atoms with Crippen molar-refractivity contribution >= 4 is 5.78 Å². The molecule has 20 heavy (non-hydrogen) atoms. The van der Waals surface area contributed by atoms with E-state index in [0.29, 0.717) is 12.0 Å². The summed E-state index contributed by atoms with van der Waals surface area (Å²) in [6, 6.07) is 3.32. The van der Waals surface area contributed by atoms with E-state index in [1.807, 2.05) is 0 Å². The molecular formula is C13H13F5O2. The maximum Gasteiger partial charge on any atom is 0.461 e. The third kappa shape index (κ3) is 3.46. The van der Waals surface area contributed by atoms with E-state index in [9.17, 15) is 26.7 Å². The van der Waals surface area contributed by atoms with Gasteiger partial charge in [0, 0.05) is 5.56 Å². The van der Waals surface area contributed by atoms with Gasteiger partial charge in [-0.25, -0.2) is 0 Å². The van der Waals surface area contributed by atoms with E-state index in [4.69, 9.17) is 4.74 Å². The molecule has 0 saturated carbocycles. The Bertz CT molecular complexity index is 494. The molecule has 0 bridgehead atoms. The molecule has 1 aromatic rings. The van der Waals surface area contributed by atoms with Crippen LogP contribution in [0.1, 0.15) is 29.3 Å². The molecule has 0 fully saturated rings. The van der Waals surface area contributed by atoms with E-state index in [0.717, 1.165) is 12.1 Å². The van der Waals surface area contributed by atoms with Gasteiger partial charge in [-0.05, 0) is 37.1 Å².